The Labute approximate surface area is 237 Å². The summed E-state index contributed by atoms with van der Waals surface area (Å²) in [6.45, 7) is 1.88. The fraction of sp³-hybridized carbons (Fsp3) is 0.292. The number of aryl methyl sites for hydroxylation is 1. The van der Waals surface area contributed by atoms with E-state index in [9.17, 15) is 36.4 Å². The van der Waals surface area contributed by atoms with Crippen LogP contribution in [-0.4, -0.2) is 67.2 Å². The van der Waals surface area contributed by atoms with Crippen molar-refractivity contribution in [2.24, 2.45) is 5.28 Å². The number of hydrogen-bond acceptors (Lipinski definition) is 10. The van der Waals surface area contributed by atoms with Crippen LogP contribution in [0.4, 0.5) is 18.0 Å². The summed E-state index contributed by atoms with van der Waals surface area (Å²) >= 11 is 0. The Bertz CT molecular complexity index is 1540. The first kappa shape index (κ1) is 31.7. The summed E-state index contributed by atoms with van der Waals surface area (Å²) in [5.74, 6) is -1.12. The summed E-state index contributed by atoms with van der Waals surface area (Å²) in [6, 6.07) is 12.2. The molecule has 3 aromatic rings. The molecule has 18 heteroatoms. The van der Waals surface area contributed by atoms with Gasteiger partial charge >= 0.3 is 12.3 Å². The molecule has 2 aromatic carbocycles. The van der Waals surface area contributed by atoms with Crippen LogP contribution < -0.4 is 4.72 Å². The Hall–Kier alpha value is -4.87. The Morgan fingerprint density at radius 1 is 1.12 bits per heavy atom. The zero-order valence-corrected chi connectivity index (χ0v) is 23.2. The van der Waals surface area contributed by atoms with Crippen molar-refractivity contribution in [2.45, 2.75) is 24.9 Å². The predicted octanol–water partition coefficient (Wildman–Crippen LogP) is 3.54. The van der Waals surface area contributed by atoms with Crippen LogP contribution in [0.25, 0.3) is 16.9 Å². The first-order valence-corrected chi connectivity index (χ1v) is 13.4. The Morgan fingerprint density at radius 3 is 2.36 bits per heavy atom. The molecule has 0 unspecified atom stereocenters. The van der Waals surface area contributed by atoms with Gasteiger partial charge in [0, 0.05) is 5.56 Å². The van der Waals surface area contributed by atoms with Gasteiger partial charge in [0.15, 0.2) is 12.2 Å². The van der Waals surface area contributed by atoms with E-state index in [0.29, 0.717) is 10.6 Å². The van der Waals surface area contributed by atoms with Crippen LogP contribution in [0.15, 0.2) is 64.8 Å². The predicted molar refractivity (Wildman–Crippen MR) is 137 cm³/mol. The van der Waals surface area contributed by atoms with Crippen LogP contribution in [0.3, 0.4) is 0 Å². The second-order valence-corrected chi connectivity index (χ2v) is 10.1. The largest absolute Gasteiger partial charge is 0.569 e. The molecular weight excluding hydrogens is 589 g/mol. The van der Waals surface area contributed by atoms with Crippen molar-refractivity contribution in [3.63, 3.8) is 0 Å². The highest BCUT2D eigenvalue weighted by atomic mass is 32.2. The van der Waals surface area contributed by atoms with Gasteiger partial charge in [0.05, 0.1) is 34.9 Å². The van der Waals surface area contributed by atoms with E-state index in [1.807, 2.05) is 6.92 Å². The van der Waals surface area contributed by atoms with Crippen molar-refractivity contribution in [3.8, 4) is 16.9 Å². The molecule has 14 nitrogen and oxygen atoms in total. The molecule has 0 spiro atoms. The number of carbonyl (C=O) groups excluding carboxylic acids is 2. The molecule has 0 saturated carbocycles. The molecule has 0 aliphatic rings. The monoisotopic (exact) mass is 614 g/mol. The highest BCUT2D eigenvalue weighted by Gasteiger charge is 2.35. The third kappa shape index (κ3) is 8.32. The van der Waals surface area contributed by atoms with Crippen molar-refractivity contribution in [2.75, 3.05) is 27.0 Å². The maximum Gasteiger partial charge on any atom is 0.511 e. The summed E-state index contributed by atoms with van der Waals surface area (Å²) < 4.78 is 77.4. The maximum atomic E-state index is 13.4. The van der Waals surface area contributed by atoms with Gasteiger partial charge in [-0.15, -0.1) is 5.01 Å². The number of likely N-dealkylation sites (N-methyl/N-ethyl adjacent to an activating group) is 1. The number of benzene rings is 2. The van der Waals surface area contributed by atoms with Crippen molar-refractivity contribution in [1.29, 1.82) is 0 Å². The number of rotatable bonds is 11. The topological polar surface area (TPSA) is 167 Å². The molecule has 0 fully saturated rings. The summed E-state index contributed by atoms with van der Waals surface area (Å²) in [6.07, 6.45) is -5.78. The molecular formula is C24H25F3N6O8S. The molecule has 1 aromatic heterocycles. The zero-order valence-electron chi connectivity index (χ0n) is 22.4. The summed E-state index contributed by atoms with van der Waals surface area (Å²) in [7, 11) is -3.35. The number of aromatic nitrogens is 2. The van der Waals surface area contributed by atoms with E-state index in [-0.39, 0.29) is 27.9 Å². The minimum atomic E-state index is -4.72. The van der Waals surface area contributed by atoms with E-state index in [4.69, 9.17) is 0 Å². The number of alkyl halides is 3. The summed E-state index contributed by atoms with van der Waals surface area (Å²) in [5.41, 5.74) is 0.463. The standard InChI is InChI=1S/C24H25F3N6O8S/c1-4-39-23(35)40-15-41-30-33(36)31(3)14-22(34)29-42(37,38)19-11-9-18(10-12-19)32-20(13-21(28-32)24(25,26)27)17-7-5-16(2)6-8-17/h5-13H,4,14-15H2,1-3H3,(H,29,34)/b33-30-. The lowest BCUT2D eigenvalue weighted by Gasteiger charge is -2.13. The third-order valence-corrected chi connectivity index (χ3v) is 6.66. The van der Waals surface area contributed by atoms with E-state index in [1.54, 1.807) is 35.9 Å². The number of nitrogens with zero attached hydrogens (tertiary/aromatic N) is 5. The van der Waals surface area contributed by atoms with Gasteiger partial charge in [-0.3, -0.25) is 4.79 Å². The van der Waals surface area contributed by atoms with Crippen molar-refractivity contribution in [3.05, 3.63) is 71.1 Å². The van der Waals surface area contributed by atoms with Gasteiger partial charge in [0.25, 0.3) is 22.7 Å². The lowest BCUT2D eigenvalue weighted by atomic mass is 10.1. The van der Waals surface area contributed by atoms with Crippen molar-refractivity contribution in [1.82, 2.24) is 19.5 Å². The number of hydrazine groups is 1. The van der Waals surface area contributed by atoms with Gasteiger partial charge in [-0.2, -0.15) is 18.3 Å². The van der Waals surface area contributed by atoms with Crippen LogP contribution >= 0.6 is 0 Å². The van der Waals surface area contributed by atoms with Crippen molar-refractivity contribution >= 4 is 22.1 Å². The van der Waals surface area contributed by atoms with Gasteiger partial charge in [0.2, 0.25) is 5.28 Å². The molecule has 1 N–H and O–H groups in total. The molecule has 0 saturated heterocycles. The first-order valence-electron chi connectivity index (χ1n) is 11.9. The van der Waals surface area contributed by atoms with Crippen LogP contribution in [-0.2, 0) is 35.3 Å². The highest BCUT2D eigenvalue weighted by molar-refractivity contribution is 7.90. The normalized spacial score (nSPS) is 12.0. The SMILES string of the molecule is CCOC(=O)OCO/N=[N+](\[O-])N(C)CC(=O)NS(=O)(=O)c1ccc(-n2nc(C(F)(F)F)cc2-c2ccc(C)cc2)cc1. The molecule has 1 heterocycles. The average Bonchev–Trinajstić information content (AvgIpc) is 3.37. The van der Waals surface area contributed by atoms with Gasteiger partial charge in [-0.1, -0.05) is 29.8 Å². The van der Waals surface area contributed by atoms with Gasteiger partial charge in [-0.05, 0) is 44.2 Å². The van der Waals surface area contributed by atoms with E-state index in [2.05, 4.69) is 24.7 Å². The van der Waals surface area contributed by atoms with Gasteiger partial charge < -0.3 is 19.5 Å². The number of sulfonamides is 1. The van der Waals surface area contributed by atoms with E-state index >= 15 is 0 Å². The lowest BCUT2D eigenvalue weighted by Crippen LogP contribution is -2.40. The molecule has 0 bridgehead atoms. The molecule has 0 atom stereocenters. The van der Waals surface area contributed by atoms with Gasteiger partial charge in [-0.25, -0.2) is 22.6 Å². The van der Waals surface area contributed by atoms with E-state index in [0.717, 1.165) is 35.5 Å². The number of carbonyl (C=O) groups is 2. The number of nitrogens with one attached hydrogen (secondary N) is 1. The summed E-state index contributed by atoms with van der Waals surface area (Å²) in [5, 5.41) is 19.2. The van der Waals surface area contributed by atoms with Crippen molar-refractivity contribution < 1.29 is 50.5 Å². The zero-order chi connectivity index (χ0) is 31.1. The minimum Gasteiger partial charge on any atom is -0.569 e. The second kappa shape index (κ2) is 13.2. The minimum absolute atomic E-state index is 0.0522. The smallest absolute Gasteiger partial charge is 0.511 e. The second-order valence-electron chi connectivity index (χ2n) is 8.44. The van der Waals surface area contributed by atoms with Gasteiger partial charge in [0.1, 0.15) is 0 Å². The van der Waals surface area contributed by atoms with Crippen LogP contribution in [0.2, 0.25) is 0 Å². The third-order valence-electron chi connectivity index (χ3n) is 5.27. The molecule has 0 aliphatic carbocycles. The number of hydrogen-bond donors (Lipinski definition) is 1. The average molecular weight is 615 g/mol. The number of amides is 1. The number of ether oxygens (including phenoxy) is 2. The van der Waals surface area contributed by atoms with E-state index in [1.165, 1.54) is 12.1 Å². The fourth-order valence-electron chi connectivity index (χ4n) is 3.29. The molecule has 226 valence electrons. The Balaban J connectivity index is 1.70. The van der Waals surface area contributed by atoms with E-state index < -0.39 is 47.3 Å². The quantitative estimate of drug-likeness (QED) is 0.0842. The maximum absolute atomic E-state index is 13.4. The fourth-order valence-corrected chi connectivity index (χ4v) is 4.27. The Kier molecular flexibility index (Phi) is 9.95. The highest BCUT2D eigenvalue weighted by Crippen LogP contribution is 2.33. The molecule has 0 aliphatic heterocycles. The van der Waals surface area contributed by atoms with Crippen LogP contribution in [0.5, 0.6) is 0 Å². The van der Waals surface area contributed by atoms with Crippen LogP contribution in [0, 0.1) is 12.1 Å². The molecule has 0 radical (unpaired) electrons. The van der Waals surface area contributed by atoms with Crippen LogP contribution in [0.1, 0.15) is 18.2 Å². The summed E-state index contributed by atoms with van der Waals surface area (Å²) in [4.78, 5) is 27.1. The molecule has 42 heavy (non-hydrogen) atoms. The lowest BCUT2D eigenvalue weighted by molar-refractivity contribution is -0.704. The first-order chi connectivity index (χ1) is 19.7. The molecule has 1 amide bonds. The molecule has 3 rings (SSSR count). The Morgan fingerprint density at radius 2 is 1.76 bits per heavy atom. The number of halogens is 3.